The van der Waals surface area contributed by atoms with Crippen molar-refractivity contribution in [2.45, 2.75) is 62.6 Å². The molecule has 1 saturated carbocycles. The molecule has 1 aromatic rings. The molecule has 156 valence electrons. The molecule has 1 N–H and O–H groups in total. The number of aromatic nitrogens is 2. The summed E-state index contributed by atoms with van der Waals surface area (Å²) in [6.45, 7) is 3.93. The smallest absolute Gasteiger partial charge is 0.230 e. The van der Waals surface area contributed by atoms with Crippen LogP contribution in [0.15, 0.2) is 11.2 Å². The van der Waals surface area contributed by atoms with E-state index >= 15 is 0 Å². The third kappa shape index (κ3) is 6.78. The van der Waals surface area contributed by atoms with Crippen molar-refractivity contribution >= 4 is 35.1 Å². The molecular formula is C20H32ClN5OS. The summed E-state index contributed by atoms with van der Waals surface area (Å²) in [6.07, 6.45) is 10.1. The van der Waals surface area contributed by atoms with E-state index in [9.17, 15) is 4.79 Å². The Balaban J connectivity index is 1.45. The lowest BCUT2D eigenvalue weighted by molar-refractivity contribution is -0.118. The SMILES string of the molecule is CN(c1cc(Cl)nc(SCC(=O)NCCN2CCCCC2)n1)C1CCCCC1. The molecule has 1 aliphatic heterocycles. The third-order valence-electron chi connectivity index (χ3n) is 5.68. The van der Waals surface area contributed by atoms with Crippen LogP contribution in [-0.4, -0.2) is 65.8 Å². The molecule has 28 heavy (non-hydrogen) atoms. The van der Waals surface area contributed by atoms with Crippen LogP contribution < -0.4 is 10.2 Å². The minimum Gasteiger partial charge on any atom is -0.357 e. The maximum Gasteiger partial charge on any atom is 0.230 e. The van der Waals surface area contributed by atoms with Crippen LogP contribution in [0, 0.1) is 0 Å². The highest BCUT2D eigenvalue weighted by molar-refractivity contribution is 7.99. The number of nitrogens with one attached hydrogen (secondary N) is 1. The second-order valence-electron chi connectivity index (χ2n) is 7.78. The Labute approximate surface area is 177 Å². The lowest BCUT2D eigenvalue weighted by Gasteiger charge is -2.32. The van der Waals surface area contributed by atoms with Crippen LogP contribution in [0.3, 0.4) is 0 Å². The number of piperidine rings is 1. The summed E-state index contributed by atoms with van der Waals surface area (Å²) in [5.41, 5.74) is 0. The average Bonchev–Trinajstić information content (AvgIpc) is 2.73. The molecule has 0 unspecified atom stereocenters. The van der Waals surface area contributed by atoms with Gasteiger partial charge in [-0.15, -0.1) is 0 Å². The summed E-state index contributed by atoms with van der Waals surface area (Å²) < 4.78 is 0. The second-order valence-corrected chi connectivity index (χ2v) is 9.10. The molecule has 0 atom stereocenters. The van der Waals surface area contributed by atoms with Crippen molar-refractivity contribution in [3.05, 3.63) is 11.2 Å². The van der Waals surface area contributed by atoms with E-state index in [1.807, 2.05) is 6.07 Å². The fourth-order valence-electron chi connectivity index (χ4n) is 4.00. The Kier molecular flexibility index (Phi) is 8.67. The van der Waals surface area contributed by atoms with E-state index in [0.717, 1.165) is 25.5 Å². The molecule has 6 nitrogen and oxygen atoms in total. The summed E-state index contributed by atoms with van der Waals surface area (Å²) >= 11 is 7.57. The zero-order valence-corrected chi connectivity index (χ0v) is 18.4. The molecule has 2 heterocycles. The summed E-state index contributed by atoms with van der Waals surface area (Å²) in [4.78, 5) is 25.7. The Bertz CT molecular complexity index is 635. The van der Waals surface area contributed by atoms with Gasteiger partial charge in [-0.1, -0.05) is 49.0 Å². The number of thioether (sulfide) groups is 1. The van der Waals surface area contributed by atoms with Crippen LogP contribution >= 0.6 is 23.4 Å². The fourth-order valence-corrected chi connectivity index (χ4v) is 4.91. The molecular weight excluding hydrogens is 394 g/mol. The first kappa shape index (κ1) is 21.7. The second kappa shape index (κ2) is 11.2. The van der Waals surface area contributed by atoms with Gasteiger partial charge in [0, 0.05) is 32.2 Å². The van der Waals surface area contributed by atoms with Crippen LogP contribution in [0.1, 0.15) is 51.4 Å². The first-order chi connectivity index (χ1) is 13.6. The van der Waals surface area contributed by atoms with Gasteiger partial charge in [0.05, 0.1) is 5.75 Å². The highest BCUT2D eigenvalue weighted by Gasteiger charge is 2.20. The minimum absolute atomic E-state index is 0.0211. The van der Waals surface area contributed by atoms with Crippen molar-refractivity contribution in [3.63, 3.8) is 0 Å². The topological polar surface area (TPSA) is 61.4 Å². The minimum atomic E-state index is 0.0211. The molecule has 0 radical (unpaired) electrons. The lowest BCUT2D eigenvalue weighted by atomic mass is 9.94. The van der Waals surface area contributed by atoms with E-state index in [4.69, 9.17) is 11.6 Å². The Morgan fingerprint density at radius 1 is 1.21 bits per heavy atom. The summed E-state index contributed by atoms with van der Waals surface area (Å²) in [6, 6.07) is 2.33. The van der Waals surface area contributed by atoms with Crippen LogP contribution in [-0.2, 0) is 4.79 Å². The van der Waals surface area contributed by atoms with Gasteiger partial charge in [0.25, 0.3) is 0 Å². The Morgan fingerprint density at radius 3 is 2.68 bits per heavy atom. The van der Waals surface area contributed by atoms with Crippen LogP contribution in [0.2, 0.25) is 5.15 Å². The van der Waals surface area contributed by atoms with Gasteiger partial charge in [-0.3, -0.25) is 4.79 Å². The molecule has 0 spiro atoms. The summed E-state index contributed by atoms with van der Waals surface area (Å²) in [5, 5.41) is 4.00. The monoisotopic (exact) mass is 425 g/mol. The van der Waals surface area contributed by atoms with Gasteiger partial charge in [-0.2, -0.15) is 0 Å². The van der Waals surface area contributed by atoms with Crippen molar-refractivity contribution in [1.29, 1.82) is 0 Å². The predicted octanol–water partition coefficient (Wildman–Crippen LogP) is 3.59. The van der Waals surface area contributed by atoms with Crippen molar-refractivity contribution in [2.24, 2.45) is 0 Å². The van der Waals surface area contributed by atoms with Crippen LogP contribution in [0.5, 0.6) is 0 Å². The van der Waals surface area contributed by atoms with Crippen molar-refractivity contribution in [3.8, 4) is 0 Å². The standard InChI is InChI=1S/C20H32ClN5OS/c1-25(16-8-4-2-5-9-16)18-14-17(21)23-20(24-18)28-15-19(27)22-10-13-26-11-6-3-7-12-26/h14,16H,2-13,15H2,1H3,(H,22,27). The molecule has 2 fully saturated rings. The zero-order valence-electron chi connectivity index (χ0n) is 16.8. The molecule has 1 aliphatic carbocycles. The Morgan fingerprint density at radius 2 is 1.93 bits per heavy atom. The van der Waals surface area contributed by atoms with Crippen LogP contribution in [0.25, 0.3) is 0 Å². The van der Waals surface area contributed by atoms with Gasteiger partial charge in [-0.25, -0.2) is 9.97 Å². The van der Waals surface area contributed by atoms with Gasteiger partial charge in [0.15, 0.2) is 5.16 Å². The van der Waals surface area contributed by atoms with Crippen molar-refractivity contribution in [1.82, 2.24) is 20.2 Å². The van der Waals surface area contributed by atoms with Gasteiger partial charge >= 0.3 is 0 Å². The number of hydrogen-bond donors (Lipinski definition) is 1. The normalized spacial score (nSPS) is 18.8. The molecule has 3 rings (SSSR count). The lowest BCUT2D eigenvalue weighted by Crippen LogP contribution is -2.38. The number of anilines is 1. The van der Waals surface area contributed by atoms with Gasteiger partial charge in [0.1, 0.15) is 11.0 Å². The number of halogens is 1. The fraction of sp³-hybridized carbons (Fsp3) is 0.750. The first-order valence-electron chi connectivity index (χ1n) is 10.5. The first-order valence-corrected chi connectivity index (χ1v) is 11.9. The van der Waals surface area contributed by atoms with Crippen molar-refractivity contribution < 1.29 is 4.79 Å². The van der Waals surface area contributed by atoms with E-state index in [1.165, 1.54) is 63.1 Å². The van der Waals surface area contributed by atoms with E-state index in [1.54, 1.807) is 0 Å². The van der Waals surface area contributed by atoms with E-state index < -0.39 is 0 Å². The highest BCUT2D eigenvalue weighted by Crippen LogP contribution is 2.27. The van der Waals surface area contributed by atoms with Crippen LogP contribution in [0.4, 0.5) is 5.82 Å². The van der Waals surface area contributed by atoms with E-state index in [2.05, 4.69) is 32.1 Å². The van der Waals surface area contributed by atoms with E-state index in [-0.39, 0.29) is 5.91 Å². The maximum atomic E-state index is 12.2. The number of hydrogen-bond acceptors (Lipinski definition) is 6. The third-order valence-corrected chi connectivity index (χ3v) is 6.72. The van der Waals surface area contributed by atoms with Gasteiger partial charge in [-0.05, 0) is 38.8 Å². The van der Waals surface area contributed by atoms with Crippen molar-refractivity contribution in [2.75, 3.05) is 43.9 Å². The summed E-state index contributed by atoms with van der Waals surface area (Å²) in [5.74, 6) is 1.18. The molecule has 0 bridgehead atoms. The number of likely N-dealkylation sites (tertiary alicyclic amines) is 1. The number of carbonyl (C=O) groups is 1. The Hall–Kier alpha value is -1.05. The molecule has 1 amide bonds. The highest BCUT2D eigenvalue weighted by atomic mass is 35.5. The average molecular weight is 426 g/mol. The molecule has 1 saturated heterocycles. The van der Waals surface area contributed by atoms with E-state index in [0.29, 0.717) is 28.6 Å². The molecule has 0 aromatic carbocycles. The van der Waals surface area contributed by atoms with Gasteiger partial charge < -0.3 is 15.1 Å². The summed E-state index contributed by atoms with van der Waals surface area (Å²) in [7, 11) is 2.08. The predicted molar refractivity (Wildman–Crippen MR) is 116 cm³/mol. The number of rotatable bonds is 8. The quantitative estimate of drug-likeness (QED) is 0.390. The largest absolute Gasteiger partial charge is 0.357 e. The zero-order chi connectivity index (χ0) is 19.8. The van der Waals surface area contributed by atoms with Gasteiger partial charge in [0.2, 0.25) is 5.91 Å². The maximum absolute atomic E-state index is 12.2. The molecule has 1 aromatic heterocycles. The molecule has 8 heteroatoms. The number of amides is 1. The number of nitrogens with zero attached hydrogens (tertiary/aromatic N) is 4. The molecule has 2 aliphatic rings. The number of carbonyl (C=O) groups excluding carboxylic acids is 1.